The van der Waals surface area contributed by atoms with Crippen LogP contribution in [0.5, 0.6) is 0 Å². The highest BCUT2D eigenvalue weighted by molar-refractivity contribution is 7.90. The molecule has 0 spiro atoms. The van der Waals surface area contributed by atoms with Gasteiger partial charge >= 0.3 is 0 Å². The topological polar surface area (TPSA) is 115 Å². The number of benzene rings is 2. The smallest absolute Gasteiger partial charge is 0.299 e. The van der Waals surface area contributed by atoms with Crippen molar-refractivity contribution >= 4 is 32.5 Å². The lowest BCUT2D eigenvalue weighted by Gasteiger charge is -2.30. The first kappa shape index (κ1) is 23.3. The standard InChI is InChI=1S/C26H30N6O2S/c1-17(2)30-35(33,34)31-20-10-8-19(9-11-20)26-25(27)22-12-7-18(16-24-28-13-4-14-29-24)15-23(22)32(26)21-5-3-6-21/h4,7-15,17,21,30-31H,3,5-6,16,27H2,1-2H3. The molecule has 1 fully saturated rings. The van der Waals surface area contributed by atoms with Gasteiger partial charge in [0.05, 0.1) is 16.9 Å². The van der Waals surface area contributed by atoms with Crippen molar-refractivity contribution in [2.75, 3.05) is 10.5 Å². The summed E-state index contributed by atoms with van der Waals surface area (Å²) < 4.78 is 31.9. The maximum atomic E-state index is 12.2. The van der Waals surface area contributed by atoms with Crippen LogP contribution in [-0.2, 0) is 16.6 Å². The molecule has 0 unspecified atom stereocenters. The molecule has 2 heterocycles. The molecular formula is C26H30N6O2S. The Bertz CT molecular complexity index is 1440. The molecule has 1 aliphatic carbocycles. The second-order valence-corrected chi connectivity index (χ2v) is 10.8. The third-order valence-electron chi connectivity index (χ3n) is 6.33. The van der Waals surface area contributed by atoms with Crippen LogP contribution in [0.2, 0.25) is 0 Å². The fourth-order valence-corrected chi connectivity index (χ4v) is 5.73. The van der Waals surface area contributed by atoms with Crippen molar-refractivity contribution in [3.63, 3.8) is 0 Å². The quantitative estimate of drug-likeness (QED) is 0.333. The summed E-state index contributed by atoms with van der Waals surface area (Å²) in [7, 11) is -3.63. The Morgan fingerprint density at radius 1 is 1.09 bits per heavy atom. The summed E-state index contributed by atoms with van der Waals surface area (Å²) in [4.78, 5) is 8.73. The van der Waals surface area contributed by atoms with Crippen LogP contribution >= 0.6 is 0 Å². The van der Waals surface area contributed by atoms with Gasteiger partial charge in [-0.05, 0) is 62.9 Å². The summed E-state index contributed by atoms with van der Waals surface area (Å²) in [5.74, 6) is 0.784. The number of fused-ring (bicyclic) bond motifs is 1. The van der Waals surface area contributed by atoms with Gasteiger partial charge in [0.2, 0.25) is 0 Å². The molecule has 2 aromatic carbocycles. The zero-order valence-electron chi connectivity index (χ0n) is 19.9. The Morgan fingerprint density at radius 3 is 2.43 bits per heavy atom. The third kappa shape index (κ3) is 4.87. The highest BCUT2D eigenvalue weighted by Crippen LogP contribution is 2.44. The minimum atomic E-state index is -3.63. The molecule has 0 atom stereocenters. The van der Waals surface area contributed by atoms with E-state index in [1.54, 1.807) is 38.4 Å². The first-order valence-corrected chi connectivity index (χ1v) is 13.4. The Morgan fingerprint density at radius 2 is 1.80 bits per heavy atom. The second-order valence-electron chi connectivity index (χ2n) is 9.37. The summed E-state index contributed by atoms with van der Waals surface area (Å²) >= 11 is 0. The number of nitrogens with zero attached hydrogens (tertiary/aromatic N) is 3. The number of nitrogens with one attached hydrogen (secondary N) is 2. The largest absolute Gasteiger partial charge is 0.396 e. The number of aromatic nitrogens is 3. The van der Waals surface area contributed by atoms with Gasteiger partial charge in [-0.3, -0.25) is 4.72 Å². The van der Waals surface area contributed by atoms with Crippen LogP contribution < -0.4 is 15.2 Å². The fourth-order valence-electron chi connectivity index (χ4n) is 4.61. The summed E-state index contributed by atoms with van der Waals surface area (Å²) in [6.45, 7) is 3.56. The summed E-state index contributed by atoms with van der Waals surface area (Å²) in [6.07, 6.45) is 7.60. The predicted molar refractivity (Wildman–Crippen MR) is 140 cm³/mol. The van der Waals surface area contributed by atoms with Gasteiger partial charge in [0.25, 0.3) is 10.2 Å². The van der Waals surface area contributed by atoms with Crippen molar-refractivity contribution < 1.29 is 8.42 Å². The number of hydrogen-bond donors (Lipinski definition) is 3. The van der Waals surface area contributed by atoms with Gasteiger partial charge in [-0.2, -0.15) is 13.1 Å². The van der Waals surface area contributed by atoms with E-state index in [1.165, 1.54) is 6.42 Å². The number of anilines is 2. The molecule has 4 N–H and O–H groups in total. The average molecular weight is 491 g/mol. The Kier molecular flexibility index (Phi) is 6.21. The predicted octanol–water partition coefficient (Wildman–Crippen LogP) is 4.65. The fraction of sp³-hybridized carbons (Fsp3) is 0.308. The molecule has 1 aliphatic rings. The van der Waals surface area contributed by atoms with Gasteiger partial charge in [0, 0.05) is 47.5 Å². The molecule has 1 saturated carbocycles. The van der Waals surface area contributed by atoms with E-state index in [0.717, 1.165) is 52.1 Å². The van der Waals surface area contributed by atoms with Gasteiger partial charge in [0.15, 0.2) is 0 Å². The lowest BCUT2D eigenvalue weighted by Crippen LogP contribution is -2.35. The van der Waals surface area contributed by atoms with E-state index in [9.17, 15) is 8.42 Å². The van der Waals surface area contributed by atoms with Gasteiger partial charge in [-0.15, -0.1) is 0 Å². The van der Waals surface area contributed by atoms with Gasteiger partial charge in [-0.1, -0.05) is 24.3 Å². The molecule has 0 aliphatic heterocycles. The molecule has 182 valence electrons. The minimum Gasteiger partial charge on any atom is -0.396 e. The number of nitrogens with two attached hydrogens (primary N) is 1. The molecule has 0 saturated heterocycles. The van der Waals surface area contributed by atoms with Crippen LogP contribution in [0.3, 0.4) is 0 Å². The molecule has 5 rings (SSSR count). The van der Waals surface area contributed by atoms with E-state index < -0.39 is 10.2 Å². The normalized spacial score (nSPS) is 14.4. The van der Waals surface area contributed by atoms with Crippen LogP contribution in [0.25, 0.3) is 22.2 Å². The molecule has 0 radical (unpaired) electrons. The zero-order valence-corrected chi connectivity index (χ0v) is 20.7. The third-order valence-corrected chi connectivity index (χ3v) is 7.62. The van der Waals surface area contributed by atoms with E-state index in [4.69, 9.17) is 5.73 Å². The molecule has 35 heavy (non-hydrogen) atoms. The first-order chi connectivity index (χ1) is 16.8. The summed E-state index contributed by atoms with van der Waals surface area (Å²) in [6, 6.07) is 15.8. The first-order valence-electron chi connectivity index (χ1n) is 11.9. The van der Waals surface area contributed by atoms with Crippen LogP contribution in [0.4, 0.5) is 11.4 Å². The second kappa shape index (κ2) is 9.31. The summed E-state index contributed by atoms with van der Waals surface area (Å²) in [5.41, 5.74) is 12.1. The monoisotopic (exact) mass is 490 g/mol. The van der Waals surface area contributed by atoms with Crippen molar-refractivity contribution in [3.8, 4) is 11.3 Å². The zero-order chi connectivity index (χ0) is 24.6. The molecule has 9 heteroatoms. The number of rotatable bonds is 8. The van der Waals surface area contributed by atoms with Crippen molar-refractivity contribution in [3.05, 3.63) is 72.3 Å². The van der Waals surface area contributed by atoms with Crippen molar-refractivity contribution in [1.29, 1.82) is 0 Å². The maximum Gasteiger partial charge on any atom is 0.299 e. The number of hydrogen-bond acceptors (Lipinski definition) is 5. The van der Waals surface area contributed by atoms with Gasteiger partial charge in [-0.25, -0.2) is 9.97 Å². The SMILES string of the molecule is CC(C)NS(=O)(=O)Nc1ccc(-c2c(N)c3ccc(Cc4ncccn4)cc3n2C2CCC2)cc1. The minimum absolute atomic E-state index is 0.192. The molecule has 2 aromatic heterocycles. The van der Waals surface area contributed by atoms with Crippen LogP contribution in [0, 0.1) is 0 Å². The highest BCUT2D eigenvalue weighted by atomic mass is 32.2. The molecule has 0 bridgehead atoms. The van der Waals surface area contributed by atoms with Gasteiger partial charge in [0.1, 0.15) is 5.82 Å². The van der Waals surface area contributed by atoms with E-state index in [0.29, 0.717) is 18.2 Å². The Labute approximate surface area is 205 Å². The van der Waals surface area contributed by atoms with Gasteiger partial charge < -0.3 is 10.3 Å². The van der Waals surface area contributed by atoms with Crippen molar-refractivity contribution in [2.24, 2.45) is 0 Å². The maximum absolute atomic E-state index is 12.2. The molecule has 4 aromatic rings. The molecule has 0 amide bonds. The van der Waals surface area contributed by atoms with Crippen LogP contribution in [0.15, 0.2) is 60.9 Å². The van der Waals surface area contributed by atoms with Crippen molar-refractivity contribution in [2.45, 2.75) is 51.6 Å². The molecular weight excluding hydrogens is 460 g/mol. The van der Waals surface area contributed by atoms with E-state index in [1.807, 2.05) is 18.2 Å². The Hall–Kier alpha value is -3.43. The van der Waals surface area contributed by atoms with E-state index >= 15 is 0 Å². The van der Waals surface area contributed by atoms with E-state index in [-0.39, 0.29) is 6.04 Å². The Balaban J connectivity index is 1.52. The lowest BCUT2D eigenvalue weighted by molar-refractivity contribution is 0.324. The van der Waals surface area contributed by atoms with Crippen LogP contribution in [-0.4, -0.2) is 29.0 Å². The summed E-state index contributed by atoms with van der Waals surface area (Å²) in [5, 5.41) is 1.02. The molecule has 8 nitrogen and oxygen atoms in total. The lowest BCUT2D eigenvalue weighted by atomic mass is 9.92. The van der Waals surface area contributed by atoms with Crippen molar-refractivity contribution in [1.82, 2.24) is 19.3 Å². The highest BCUT2D eigenvalue weighted by Gasteiger charge is 2.27. The van der Waals surface area contributed by atoms with E-state index in [2.05, 4.69) is 42.2 Å². The van der Waals surface area contributed by atoms with Crippen LogP contribution in [0.1, 0.15) is 50.5 Å². The number of nitrogen functional groups attached to an aromatic ring is 1. The average Bonchev–Trinajstić information content (AvgIpc) is 3.04.